The summed E-state index contributed by atoms with van der Waals surface area (Å²) < 4.78 is 0. The number of nitrogens with one attached hydrogen (secondary N) is 1. The van der Waals surface area contributed by atoms with Crippen molar-refractivity contribution in [2.45, 2.75) is 59.4 Å². The van der Waals surface area contributed by atoms with Crippen LogP contribution in [0.5, 0.6) is 0 Å². The summed E-state index contributed by atoms with van der Waals surface area (Å²) >= 11 is 0. The smallest absolute Gasteiger partial charge is 0.0775 e. The maximum Gasteiger partial charge on any atom is 0.0775 e. The van der Waals surface area contributed by atoms with Gasteiger partial charge in [0.15, 0.2) is 0 Å². The summed E-state index contributed by atoms with van der Waals surface area (Å²) in [6.07, 6.45) is 1.20. The van der Waals surface area contributed by atoms with E-state index in [4.69, 9.17) is 0 Å². The lowest BCUT2D eigenvalue weighted by atomic mass is 10.0. The minimum absolute atomic E-state index is 0.627. The number of benzene rings is 1. The van der Waals surface area contributed by atoms with Gasteiger partial charge >= 0.3 is 0 Å². The molecule has 0 saturated heterocycles. The molecule has 0 aliphatic heterocycles. The molecule has 0 fully saturated rings. The molecule has 2 heteroatoms. The monoisotopic (exact) mass is 263 g/mol. The van der Waals surface area contributed by atoms with E-state index < -0.39 is 8.07 Å². The van der Waals surface area contributed by atoms with Gasteiger partial charge in [0.25, 0.3) is 0 Å². The van der Waals surface area contributed by atoms with E-state index in [1.54, 1.807) is 5.19 Å². The van der Waals surface area contributed by atoms with Gasteiger partial charge in [-0.1, -0.05) is 69.9 Å². The molecule has 0 saturated carbocycles. The maximum absolute atomic E-state index is 3.65. The van der Waals surface area contributed by atoms with Gasteiger partial charge in [0, 0.05) is 12.6 Å². The molecule has 0 aliphatic carbocycles. The molecule has 1 rings (SSSR count). The van der Waals surface area contributed by atoms with Crippen molar-refractivity contribution in [3.05, 3.63) is 29.8 Å². The van der Waals surface area contributed by atoms with Crippen LogP contribution in [0.3, 0.4) is 0 Å². The Bertz CT molecular complexity index is 348. The van der Waals surface area contributed by atoms with E-state index in [1.165, 1.54) is 12.0 Å². The lowest BCUT2D eigenvalue weighted by Gasteiger charge is -2.21. The van der Waals surface area contributed by atoms with Crippen molar-refractivity contribution in [2.24, 2.45) is 5.92 Å². The van der Waals surface area contributed by atoms with Gasteiger partial charge in [0.2, 0.25) is 0 Å². The van der Waals surface area contributed by atoms with Crippen molar-refractivity contribution >= 4 is 13.3 Å². The van der Waals surface area contributed by atoms with Crippen molar-refractivity contribution in [1.29, 1.82) is 0 Å². The molecule has 0 radical (unpaired) electrons. The zero-order valence-electron chi connectivity index (χ0n) is 12.9. The standard InChI is InChI=1S/C16H29NSi/c1-7-16(13(2)3)17-12-14-8-10-15(11-9-14)18(4,5)6/h8-11,13,16-17H,7,12H2,1-6H3. The molecule has 0 aromatic heterocycles. The van der Waals surface area contributed by atoms with Crippen LogP contribution in [0.25, 0.3) is 0 Å². The highest BCUT2D eigenvalue weighted by Crippen LogP contribution is 2.08. The summed E-state index contributed by atoms with van der Waals surface area (Å²) in [5.74, 6) is 0.705. The van der Waals surface area contributed by atoms with Crippen LogP contribution in [0.2, 0.25) is 19.6 Å². The highest BCUT2D eigenvalue weighted by molar-refractivity contribution is 6.88. The molecule has 0 aliphatic rings. The van der Waals surface area contributed by atoms with Crippen LogP contribution in [0, 0.1) is 5.92 Å². The first kappa shape index (κ1) is 15.5. The van der Waals surface area contributed by atoms with Crippen molar-refractivity contribution in [2.75, 3.05) is 0 Å². The zero-order chi connectivity index (χ0) is 13.8. The van der Waals surface area contributed by atoms with Gasteiger partial charge in [-0.05, 0) is 17.9 Å². The molecular formula is C16H29NSi. The zero-order valence-corrected chi connectivity index (χ0v) is 13.9. The average Bonchev–Trinajstić information content (AvgIpc) is 2.29. The number of hydrogen-bond donors (Lipinski definition) is 1. The maximum atomic E-state index is 3.65. The van der Waals surface area contributed by atoms with Gasteiger partial charge in [-0.25, -0.2) is 0 Å². The Labute approximate surface area is 114 Å². The predicted molar refractivity (Wildman–Crippen MR) is 85.2 cm³/mol. The molecule has 0 spiro atoms. The lowest BCUT2D eigenvalue weighted by Crippen LogP contribution is -2.37. The van der Waals surface area contributed by atoms with Crippen LogP contribution in [0.1, 0.15) is 32.8 Å². The normalized spacial score (nSPS) is 13.9. The second-order valence-electron chi connectivity index (χ2n) is 6.59. The van der Waals surface area contributed by atoms with E-state index in [0.29, 0.717) is 12.0 Å². The van der Waals surface area contributed by atoms with Crippen LogP contribution < -0.4 is 10.5 Å². The molecular weight excluding hydrogens is 234 g/mol. The Morgan fingerprint density at radius 3 is 2.00 bits per heavy atom. The molecule has 1 aromatic rings. The molecule has 0 bridgehead atoms. The Hall–Kier alpha value is -0.603. The fourth-order valence-corrected chi connectivity index (χ4v) is 3.39. The van der Waals surface area contributed by atoms with Gasteiger partial charge in [-0.2, -0.15) is 0 Å². The Balaban J connectivity index is 2.59. The Morgan fingerprint density at radius 1 is 1.06 bits per heavy atom. The van der Waals surface area contributed by atoms with Gasteiger partial charge in [0.1, 0.15) is 0 Å². The molecule has 1 nitrogen and oxygen atoms in total. The van der Waals surface area contributed by atoms with Gasteiger partial charge in [-0.15, -0.1) is 0 Å². The molecule has 1 N–H and O–H groups in total. The van der Waals surface area contributed by atoms with E-state index in [9.17, 15) is 0 Å². The SMILES string of the molecule is CCC(NCc1ccc([Si](C)(C)C)cc1)C(C)C. The van der Waals surface area contributed by atoms with E-state index in [0.717, 1.165) is 6.54 Å². The minimum atomic E-state index is -1.15. The summed E-state index contributed by atoms with van der Waals surface area (Å²) in [4.78, 5) is 0. The minimum Gasteiger partial charge on any atom is -0.310 e. The van der Waals surface area contributed by atoms with Crippen LogP contribution in [0.4, 0.5) is 0 Å². The summed E-state index contributed by atoms with van der Waals surface area (Å²) in [5.41, 5.74) is 1.40. The second kappa shape index (κ2) is 6.53. The number of hydrogen-bond acceptors (Lipinski definition) is 1. The van der Waals surface area contributed by atoms with Gasteiger partial charge < -0.3 is 5.32 Å². The fraction of sp³-hybridized carbons (Fsp3) is 0.625. The van der Waals surface area contributed by atoms with Crippen LogP contribution in [-0.2, 0) is 6.54 Å². The second-order valence-corrected chi connectivity index (χ2v) is 11.7. The lowest BCUT2D eigenvalue weighted by molar-refractivity contribution is 0.387. The first-order valence-electron chi connectivity index (χ1n) is 7.17. The molecule has 1 unspecified atom stereocenters. The van der Waals surface area contributed by atoms with Crippen LogP contribution >= 0.6 is 0 Å². The Morgan fingerprint density at radius 2 is 1.61 bits per heavy atom. The molecule has 18 heavy (non-hydrogen) atoms. The van der Waals surface area contributed by atoms with Crippen LogP contribution in [-0.4, -0.2) is 14.1 Å². The first-order chi connectivity index (χ1) is 8.34. The van der Waals surface area contributed by atoms with Crippen LogP contribution in [0.15, 0.2) is 24.3 Å². The average molecular weight is 264 g/mol. The quantitative estimate of drug-likeness (QED) is 0.771. The van der Waals surface area contributed by atoms with E-state index >= 15 is 0 Å². The summed E-state index contributed by atoms with van der Waals surface area (Å²) in [6, 6.07) is 9.84. The summed E-state index contributed by atoms with van der Waals surface area (Å²) in [7, 11) is -1.15. The molecule has 0 heterocycles. The Kier molecular flexibility index (Phi) is 5.61. The van der Waals surface area contributed by atoms with Gasteiger partial charge in [-0.3, -0.25) is 0 Å². The highest BCUT2D eigenvalue weighted by Gasteiger charge is 2.15. The highest BCUT2D eigenvalue weighted by atomic mass is 28.3. The van der Waals surface area contributed by atoms with Crippen molar-refractivity contribution in [1.82, 2.24) is 5.32 Å². The third-order valence-corrected chi connectivity index (χ3v) is 5.70. The van der Waals surface area contributed by atoms with E-state index in [1.807, 2.05) is 0 Å². The van der Waals surface area contributed by atoms with Crippen molar-refractivity contribution in [3.8, 4) is 0 Å². The van der Waals surface area contributed by atoms with E-state index in [-0.39, 0.29) is 0 Å². The van der Waals surface area contributed by atoms with E-state index in [2.05, 4.69) is 70.0 Å². The van der Waals surface area contributed by atoms with Crippen molar-refractivity contribution < 1.29 is 0 Å². The molecule has 0 amide bonds. The number of rotatable bonds is 6. The molecule has 1 aromatic carbocycles. The fourth-order valence-electron chi connectivity index (χ4n) is 2.22. The molecule has 1 atom stereocenters. The third-order valence-electron chi connectivity index (χ3n) is 3.63. The summed E-state index contributed by atoms with van der Waals surface area (Å²) in [5, 5.41) is 5.20. The summed E-state index contributed by atoms with van der Waals surface area (Å²) in [6.45, 7) is 15.0. The molecule has 102 valence electrons. The topological polar surface area (TPSA) is 12.0 Å². The van der Waals surface area contributed by atoms with Gasteiger partial charge in [0.05, 0.1) is 8.07 Å². The third kappa shape index (κ3) is 4.58. The van der Waals surface area contributed by atoms with Crippen molar-refractivity contribution in [3.63, 3.8) is 0 Å². The largest absolute Gasteiger partial charge is 0.310 e. The first-order valence-corrected chi connectivity index (χ1v) is 10.7. The predicted octanol–water partition coefficient (Wildman–Crippen LogP) is 3.76.